The quantitative estimate of drug-likeness (QED) is 0.326. The van der Waals surface area contributed by atoms with Gasteiger partial charge in [-0.25, -0.2) is 8.42 Å². The standard InChI is InChI=1S/C30H38N4O5S/c1-39-15-7-14-33-19-25(27-10-5-6-11-28(27)33)20-34(26-12-13-26)30(36)24-16-23(17-31-18-24)29(35)32-40(37,38)21-22-8-3-2-4-9-22/h2-6,8-11,19,23-24,26,31H,7,12-18,20-21H2,1H3,(H,32,35)/t23-,24+/m0/s1. The molecule has 1 aromatic heterocycles. The highest BCUT2D eigenvalue weighted by Crippen LogP contribution is 2.33. The van der Waals surface area contributed by atoms with E-state index in [9.17, 15) is 18.0 Å². The van der Waals surface area contributed by atoms with E-state index in [2.05, 4.69) is 32.9 Å². The van der Waals surface area contributed by atoms with Gasteiger partial charge in [0.25, 0.3) is 0 Å². The maximum Gasteiger partial charge on any atom is 0.239 e. The van der Waals surface area contributed by atoms with Gasteiger partial charge in [0, 0.05) is 63.0 Å². The Morgan fingerprint density at radius 1 is 1.05 bits per heavy atom. The lowest BCUT2D eigenvalue weighted by molar-refractivity contribution is -0.138. The molecule has 40 heavy (non-hydrogen) atoms. The van der Waals surface area contributed by atoms with Gasteiger partial charge in [-0.05, 0) is 42.9 Å². The topological polar surface area (TPSA) is 110 Å². The first-order valence-electron chi connectivity index (χ1n) is 14.0. The molecule has 2 fully saturated rings. The number of nitrogens with one attached hydrogen (secondary N) is 2. The van der Waals surface area contributed by atoms with E-state index in [-0.39, 0.29) is 17.7 Å². The van der Waals surface area contributed by atoms with Crippen LogP contribution in [0.15, 0.2) is 60.8 Å². The third-order valence-corrected chi connectivity index (χ3v) is 8.98. The highest BCUT2D eigenvalue weighted by Gasteiger charge is 2.39. The zero-order chi connectivity index (χ0) is 28.1. The Labute approximate surface area is 235 Å². The number of para-hydroxylation sites is 1. The van der Waals surface area contributed by atoms with Crippen LogP contribution in [0, 0.1) is 11.8 Å². The van der Waals surface area contributed by atoms with Crippen molar-refractivity contribution in [2.45, 2.75) is 50.6 Å². The van der Waals surface area contributed by atoms with Gasteiger partial charge in [-0.3, -0.25) is 14.3 Å². The normalized spacial score (nSPS) is 19.4. The summed E-state index contributed by atoms with van der Waals surface area (Å²) in [6, 6.07) is 17.2. The molecule has 2 aliphatic rings. The molecule has 3 aromatic rings. The number of sulfonamides is 1. The summed E-state index contributed by atoms with van der Waals surface area (Å²) < 4.78 is 35.0. The fourth-order valence-electron chi connectivity index (χ4n) is 5.60. The summed E-state index contributed by atoms with van der Waals surface area (Å²) in [5.41, 5.74) is 2.86. The first-order chi connectivity index (χ1) is 19.3. The van der Waals surface area contributed by atoms with Gasteiger partial charge in [-0.1, -0.05) is 48.5 Å². The fourth-order valence-corrected chi connectivity index (χ4v) is 6.78. The Morgan fingerprint density at radius 2 is 1.77 bits per heavy atom. The molecule has 9 nitrogen and oxygen atoms in total. The number of nitrogens with zero attached hydrogens (tertiary/aromatic N) is 2. The maximum absolute atomic E-state index is 13.8. The van der Waals surface area contributed by atoms with Gasteiger partial charge < -0.3 is 19.5 Å². The first-order valence-corrected chi connectivity index (χ1v) is 15.6. The minimum Gasteiger partial charge on any atom is -0.385 e. The molecular formula is C30H38N4O5S. The zero-order valence-corrected chi connectivity index (χ0v) is 23.7. The number of hydrogen-bond acceptors (Lipinski definition) is 6. The summed E-state index contributed by atoms with van der Waals surface area (Å²) in [6.45, 7) is 2.85. The second-order valence-corrected chi connectivity index (χ2v) is 12.6. The largest absolute Gasteiger partial charge is 0.385 e. The van der Waals surface area contributed by atoms with Crippen LogP contribution in [0.25, 0.3) is 10.9 Å². The highest BCUT2D eigenvalue weighted by atomic mass is 32.2. The summed E-state index contributed by atoms with van der Waals surface area (Å²) in [6.07, 6.45) is 5.31. The smallest absolute Gasteiger partial charge is 0.239 e. The second-order valence-electron chi connectivity index (χ2n) is 10.9. The molecule has 2 aromatic carbocycles. The number of aromatic nitrogens is 1. The highest BCUT2D eigenvalue weighted by molar-refractivity contribution is 7.89. The van der Waals surface area contributed by atoms with Crippen molar-refractivity contribution in [1.29, 1.82) is 0 Å². The predicted molar refractivity (Wildman–Crippen MR) is 154 cm³/mol. The molecular weight excluding hydrogens is 528 g/mol. The molecule has 1 aliphatic carbocycles. The summed E-state index contributed by atoms with van der Waals surface area (Å²) in [5, 5.41) is 4.34. The predicted octanol–water partition coefficient (Wildman–Crippen LogP) is 3.04. The monoisotopic (exact) mass is 566 g/mol. The number of carbonyl (C=O) groups is 2. The number of ether oxygens (including phenoxy) is 1. The van der Waals surface area contributed by atoms with Crippen LogP contribution < -0.4 is 10.0 Å². The number of piperidine rings is 1. The van der Waals surface area contributed by atoms with Crippen LogP contribution in [0.1, 0.15) is 36.8 Å². The maximum atomic E-state index is 13.8. The van der Waals surface area contributed by atoms with Crippen molar-refractivity contribution >= 4 is 32.7 Å². The molecule has 0 radical (unpaired) electrons. The summed E-state index contributed by atoms with van der Waals surface area (Å²) in [5.74, 6) is -1.79. The average molecular weight is 567 g/mol. The summed E-state index contributed by atoms with van der Waals surface area (Å²) in [4.78, 5) is 28.8. The van der Waals surface area contributed by atoms with Crippen molar-refractivity contribution < 1.29 is 22.7 Å². The Bertz CT molecular complexity index is 1430. The minimum absolute atomic E-state index is 0.0239. The SMILES string of the molecule is COCCCn1cc(CN(C(=O)[C@H]2CNC[C@@H](C(=O)NS(=O)(=O)Cc3ccccc3)C2)C2CC2)c2ccccc21. The molecule has 2 atom stereocenters. The number of amides is 2. The van der Waals surface area contributed by atoms with E-state index < -0.39 is 27.8 Å². The lowest BCUT2D eigenvalue weighted by atomic mass is 9.89. The number of aryl methyl sites for hydroxylation is 1. The van der Waals surface area contributed by atoms with E-state index >= 15 is 0 Å². The van der Waals surface area contributed by atoms with E-state index in [0.717, 1.165) is 42.3 Å². The Kier molecular flexibility index (Phi) is 8.87. The van der Waals surface area contributed by atoms with Crippen LogP contribution in [0.3, 0.4) is 0 Å². The van der Waals surface area contributed by atoms with E-state index in [1.807, 2.05) is 23.1 Å². The molecule has 2 heterocycles. The van der Waals surface area contributed by atoms with Gasteiger partial charge in [-0.2, -0.15) is 0 Å². The molecule has 2 N–H and O–H groups in total. The van der Waals surface area contributed by atoms with Crippen molar-refractivity contribution in [3.05, 3.63) is 71.9 Å². The third-order valence-electron chi connectivity index (χ3n) is 7.76. The van der Waals surface area contributed by atoms with E-state index in [0.29, 0.717) is 38.2 Å². The average Bonchev–Trinajstić information content (AvgIpc) is 3.74. The molecule has 1 aliphatic heterocycles. The molecule has 0 unspecified atom stereocenters. The Balaban J connectivity index is 1.26. The Hall–Kier alpha value is -3.21. The van der Waals surface area contributed by atoms with Crippen LogP contribution in [0.4, 0.5) is 0 Å². The Morgan fingerprint density at radius 3 is 2.52 bits per heavy atom. The van der Waals surface area contributed by atoms with Crippen LogP contribution in [0.2, 0.25) is 0 Å². The lowest BCUT2D eigenvalue weighted by Crippen LogP contribution is -2.50. The minimum atomic E-state index is -3.84. The van der Waals surface area contributed by atoms with Crippen molar-refractivity contribution in [2.75, 3.05) is 26.8 Å². The number of benzene rings is 2. The fraction of sp³-hybridized carbons (Fsp3) is 0.467. The van der Waals surface area contributed by atoms with Gasteiger partial charge in [0.05, 0.1) is 17.6 Å². The number of carbonyl (C=O) groups excluding carboxylic acids is 2. The molecule has 0 bridgehead atoms. The van der Waals surface area contributed by atoms with E-state index in [4.69, 9.17) is 4.74 Å². The van der Waals surface area contributed by atoms with Crippen LogP contribution in [-0.4, -0.2) is 62.5 Å². The molecule has 0 spiro atoms. The van der Waals surface area contributed by atoms with Crippen LogP contribution in [-0.2, 0) is 43.2 Å². The van der Waals surface area contributed by atoms with Crippen molar-refractivity contribution in [1.82, 2.24) is 19.5 Å². The van der Waals surface area contributed by atoms with Gasteiger partial charge in [0.1, 0.15) is 0 Å². The van der Waals surface area contributed by atoms with E-state index in [1.54, 1.807) is 31.4 Å². The third kappa shape index (κ3) is 6.92. The van der Waals surface area contributed by atoms with Gasteiger partial charge in [0.15, 0.2) is 0 Å². The molecule has 5 rings (SSSR count). The number of hydrogen-bond donors (Lipinski definition) is 2. The molecule has 2 amide bonds. The van der Waals surface area contributed by atoms with Gasteiger partial charge in [-0.15, -0.1) is 0 Å². The van der Waals surface area contributed by atoms with Crippen LogP contribution in [0.5, 0.6) is 0 Å². The van der Waals surface area contributed by atoms with Crippen LogP contribution >= 0.6 is 0 Å². The van der Waals surface area contributed by atoms with Gasteiger partial charge in [0.2, 0.25) is 21.8 Å². The molecule has 1 saturated heterocycles. The summed E-state index contributed by atoms with van der Waals surface area (Å²) >= 11 is 0. The zero-order valence-electron chi connectivity index (χ0n) is 22.9. The van der Waals surface area contributed by atoms with E-state index in [1.165, 1.54) is 0 Å². The van der Waals surface area contributed by atoms with Crippen molar-refractivity contribution in [3.8, 4) is 0 Å². The summed E-state index contributed by atoms with van der Waals surface area (Å²) in [7, 11) is -2.14. The number of rotatable bonds is 12. The molecule has 10 heteroatoms. The lowest BCUT2D eigenvalue weighted by Gasteiger charge is -2.33. The number of methoxy groups -OCH3 is 1. The first kappa shape index (κ1) is 28.3. The number of fused-ring (bicyclic) bond motifs is 1. The van der Waals surface area contributed by atoms with Crippen molar-refractivity contribution in [3.63, 3.8) is 0 Å². The molecule has 214 valence electrons. The van der Waals surface area contributed by atoms with Crippen molar-refractivity contribution in [2.24, 2.45) is 11.8 Å². The second kappa shape index (κ2) is 12.5. The van der Waals surface area contributed by atoms with Gasteiger partial charge >= 0.3 is 0 Å². The molecule has 1 saturated carbocycles.